The van der Waals surface area contributed by atoms with Gasteiger partial charge in [-0.3, -0.25) is 9.20 Å². The molecule has 0 aliphatic carbocycles. The van der Waals surface area contributed by atoms with Gasteiger partial charge in [-0.2, -0.15) is 0 Å². The first-order chi connectivity index (χ1) is 13.9. The lowest BCUT2D eigenvalue weighted by Gasteiger charge is -2.34. The van der Waals surface area contributed by atoms with Crippen LogP contribution in [0.2, 0.25) is 0 Å². The summed E-state index contributed by atoms with van der Waals surface area (Å²) in [5.74, 6) is -0.553. The number of carbonyl (C=O) groups is 2. The van der Waals surface area contributed by atoms with Gasteiger partial charge in [-0.15, -0.1) is 0 Å². The summed E-state index contributed by atoms with van der Waals surface area (Å²) in [6.45, 7) is 3.10. The Bertz CT molecular complexity index is 1080. The summed E-state index contributed by atoms with van der Waals surface area (Å²) < 4.78 is 1.59. The molecule has 9 nitrogen and oxygen atoms in total. The Morgan fingerprint density at radius 1 is 1.28 bits per heavy atom. The number of aromatic nitrogens is 3. The Balaban J connectivity index is 1.50. The number of aromatic hydroxyl groups is 1. The van der Waals surface area contributed by atoms with Gasteiger partial charge >= 0.3 is 5.97 Å². The smallest absolute Gasteiger partial charge is 0.337 e. The molecule has 4 rings (SSSR count). The van der Waals surface area contributed by atoms with Gasteiger partial charge in [-0.25, -0.2) is 14.8 Å². The average Bonchev–Trinajstić information content (AvgIpc) is 3.05. The van der Waals surface area contributed by atoms with E-state index in [4.69, 9.17) is 5.11 Å². The van der Waals surface area contributed by atoms with E-state index in [2.05, 4.69) is 15.3 Å². The molecule has 9 heteroatoms. The zero-order valence-corrected chi connectivity index (χ0v) is 15.9. The summed E-state index contributed by atoms with van der Waals surface area (Å²) in [7, 11) is 0. The number of carbonyl (C=O) groups excluding carboxylic acids is 1. The standard InChI is InChI=1S/C20H21N5O4/c1-12-17(25-9-3-5-15(26)18(25)22-12)19(27)23-14-4-2-8-24(11-14)16-7-6-13(10-21-16)20(28)29/h3,5-7,9-10,14,26H,2,4,8,11H2,1H3,(H,23,27)(H,28,29)/t14-/m0/s1. The number of fused-ring (bicyclic) bond motifs is 1. The lowest BCUT2D eigenvalue weighted by atomic mass is 10.1. The Morgan fingerprint density at radius 2 is 2.10 bits per heavy atom. The van der Waals surface area contributed by atoms with Crippen LogP contribution in [0.4, 0.5) is 5.82 Å². The highest BCUT2D eigenvalue weighted by molar-refractivity contribution is 5.95. The van der Waals surface area contributed by atoms with Crippen molar-refractivity contribution in [3.8, 4) is 5.75 Å². The molecule has 0 aromatic carbocycles. The molecule has 1 atom stereocenters. The number of rotatable bonds is 4. The zero-order valence-electron chi connectivity index (χ0n) is 15.9. The van der Waals surface area contributed by atoms with E-state index in [0.717, 1.165) is 19.4 Å². The van der Waals surface area contributed by atoms with Crippen LogP contribution in [0.1, 0.15) is 39.4 Å². The predicted molar refractivity (Wildman–Crippen MR) is 105 cm³/mol. The van der Waals surface area contributed by atoms with E-state index in [0.29, 0.717) is 29.4 Å². The van der Waals surface area contributed by atoms with Crippen LogP contribution in [-0.2, 0) is 0 Å². The number of anilines is 1. The second kappa shape index (κ2) is 7.42. The van der Waals surface area contributed by atoms with E-state index in [1.165, 1.54) is 18.3 Å². The predicted octanol–water partition coefficient (Wildman–Crippen LogP) is 1.84. The molecule has 150 valence electrons. The van der Waals surface area contributed by atoms with E-state index in [-0.39, 0.29) is 23.3 Å². The van der Waals surface area contributed by atoms with Crippen LogP contribution >= 0.6 is 0 Å². The number of aryl methyl sites for hydroxylation is 1. The number of nitrogens with one attached hydrogen (secondary N) is 1. The third-order valence-corrected chi connectivity index (χ3v) is 5.09. The van der Waals surface area contributed by atoms with Crippen LogP contribution in [0, 0.1) is 6.92 Å². The van der Waals surface area contributed by atoms with Crippen molar-refractivity contribution >= 4 is 23.3 Å². The number of imidazole rings is 1. The number of hydrogen-bond donors (Lipinski definition) is 3. The van der Waals surface area contributed by atoms with Gasteiger partial charge in [0, 0.05) is 31.5 Å². The molecule has 3 aromatic rings. The van der Waals surface area contributed by atoms with Crippen molar-refractivity contribution in [2.75, 3.05) is 18.0 Å². The van der Waals surface area contributed by atoms with Crippen LogP contribution < -0.4 is 10.2 Å². The molecule has 0 bridgehead atoms. The number of hydrogen-bond acceptors (Lipinski definition) is 6. The Labute approximate surface area is 166 Å². The van der Waals surface area contributed by atoms with Gasteiger partial charge < -0.3 is 20.4 Å². The SMILES string of the molecule is Cc1nc2c(O)cccn2c1C(=O)N[C@H]1CCCN(c2ccc(C(=O)O)cn2)C1. The zero-order chi connectivity index (χ0) is 20.5. The molecule has 0 saturated carbocycles. The van der Waals surface area contributed by atoms with E-state index >= 15 is 0 Å². The minimum atomic E-state index is -1.01. The Hall–Kier alpha value is -3.62. The molecule has 0 radical (unpaired) electrons. The minimum absolute atomic E-state index is 0.0226. The first kappa shape index (κ1) is 18.7. The summed E-state index contributed by atoms with van der Waals surface area (Å²) >= 11 is 0. The highest BCUT2D eigenvalue weighted by atomic mass is 16.4. The molecule has 1 aliphatic heterocycles. The maximum Gasteiger partial charge on any atom is 0.337 e. The maximum atomic E-state index is 12.9. The molecule has 1 aliphatic rings. The summed E-state index contributed by atoms with van der Waals surface area (Å²) in [6, 6.07) is 6.33. The van der Waals surface area contributed by atoms with Gasteiger partial charge in [-0.05, 0) is 44.0 Å². The third kappa shape index (κ3) is 3.58. The summed E-state index contributed by atoms with van der Waals surface area (Å²) in [4.78, 5) is 34.5. The van der Waals surface area contributed by atoms with Gasteiger partial charge in [-0.1, -0.05) is 0 Å². The normalized spacial score (nSPS) is 16.7. The number of piperidine rings is 1. The summed E-state index contributed by atoms with van der Waals surface area (Å²) in [5.41, 5.74) is 1.43. The molecule has 1 fully saturated rings. The van der Waals surface area contributed by atoms with Gasteiger partial charge in [0.2, 0.25) is 0 Å². The molecule has 1 saturated heterocycles. The molecule has 29 heavy (non-hydrogen) atoms. The van der Waals surface area contributed by atoms with Gasteiger partial charge in [0.25, 0.3) is 5.91 Å². The van der Waals surface area contributed by atoms with Crippen molar-refractivity contribution in [2.24, 2.45) is 0 Å². The van der Waals surface area contributed by atoms with Crippen molar-refractivity contribution in [1.29, 1.82) is 0 Å². The monoisotopic (exact) mass is 395 g/mol. The first-order valence-electron chi connectivity index (χ1n) is 9.36. The lowest BCUT2D eigenvalue weighted by molar-refractivity contribution is 0.0696. The molecular weight excluding hydrogens is 374 g/mol. The summed E-state index contributed by atoms with van der Waals surface area (Å²) in [5, 5.41) is 22.0. The lowest BCUT2D eigenvalue weighted by Crippen LogP contribution is -2.48. The topological polar surface area (TPSA) is 120 Å². The minimum Gasteiger partial charge on any atom is -0.504 e. The largest absolute Gasteiger partial charge is 0.504 e. The van der Waals surface area contributed by atoms with E-state index in [9.17, 15) is 14.7 Å². The van der Waals surface area contributed by atoms with Gasteiger partial charge in [0.15, 0.2) is 11.4 Å². The number of nitrogens with zero attached hydrogens (tertiary/aromatic N) is 4. The highest BCUT2D eigenvalue weighted by Gasteiger charge is 2.25. The molecule has 3 aromatic heterocycles. The van der Waals surface area contributed by atoms with Crippen molar-refractivity contribution in [2.45, 2.75) is 25.8 Å². The number of carboxylic acids is 1. The molecule has 0 spiro atoms. The molecule has 0 unspecified atom stereocenters. The molecule has 1 amide bonds. The number of carboxylic acid groups (broad SMARTS) is 1. The van der Waals surface area contributed by atoms with Crippen molar-refractivity contribution in [1.82, 2.24) is 19.7 Å². The van der Waals surface area contributed by atoms with Gasteiger partial charge in [0.1, 0.15) is 11.5 Å². The molecule has 4 heterocycles. The number of aromatic carboxylic acids is 1. The fourth-order valence-electron chi connectivity index (χ4n) is 3.70. The van der Waals surface area contributed by atoms with E-state index < -0.39 is 5.97 Å². The van der Waals surface area contributed by atoms with Crippen LogP contribution in [0.15, 0.2) is 36.7 Å². The van der Waals surface area contributed by atoms with E-state index in [1.54, 1.807) is 29.7 Å². The number of amides is 1. The second-order valence-electron chi connectivity index (χ2n) is 7.10. The van der Waals surface area contributed by atoms with Crippen LogP contribution in [0.3, 0.4) is 0 Å². The summed E-state index contributed by atoms with van der Waals surface area (Å²) in [6.07, 6.45) is 4.75. The second-order valence-corrected chi connectivity index (χ2v) is 7.10. The number of pyridine rings is 2. The van der Waals surface area contributed by atoms with Crippen molar-refractivity contribution in [3.05, 3.63) is 53.6 Å². The van der Waals surface area contributed by atoms with E-state index in [1.807, 2.05) is 4.90 Å². The fraction of sp³-hybridized carbons (Fsp3) is 0.300. The first-order valence-corrected chi connectivity index (χ1v) is 9.36. The van der Waals surface area contributed by atoms with Gasteiger partial charge in [0.05, 0.1) is 11.3 Å². The van der Waals surface area contributed by atoms with Crippen molar-refractivity contribution in [3.63, 3.8) is 0 Å². The fourth-order valence-corrected chi connectivity index (χ4v) is 3.70. The van der Waals surface area contributed by atoms with Crippen molar-refractivity contribution < 1.29 is 19.8 Å². The molecular formula is C20H21N5O4. The van der Waals surface area contributed by atoms with Crippen LogP contribution in [0.25, 0.3) is 5.65 Å². The highest BCUT2D eigenvalue weighted by Crippen LogP contribution is 2.22. The molecule has 3 N–H and O–H groups in total. The quantitative estimate of drug-likeness (QED) is 0.616. The van der Waals surface area contributed by atoms with Crippen LogP contribution in [0.5, 0.6) is 5.75 Å². The third-order valence-electron chi connectivity index (χ3n) is 5.09. The average molecular weight is 395 g/mol. The maximum absolute atomic E-state index is 12.9. The Morgan fingerprint density at radius 3 is 2.83 bits per heavy atom. The Kier molecular flexibility index (Phi) is 4.79. The van der Waals surface area contributed by atoms with Crippen LogP contribution in [-0.4, -0.2) is 55.6 Å².